The molecule has 0 N–H and O–H groups in total. The summed E-state index contributed by atoms with van der Waals surface area (Å²) in [5, 5.41) is 0.858. The average molecular weight is 326 g/mol. The number of carbonyl (C=O) groups excluding carboxylic acids is 1. The molecule has 0 fully saturated rings. The van der Waals surface area contributed by atoms with Crippen molar-refractivity contribution < 1.29 is 4.79 Å². The molecule has 23 heavy (non-hydrogen) atoms. The fraction of sp³-hybridized carbons (Fsp3) is 0.368. The first-order chi connectivity index (χ1) is 11.1. The van der Waals surface area contributed by atoms with Crippen LogP contribution in [0, 0.1) is 6.92 Å². The predicted molar refractivity (Wildman–Crippen MR) is 97.4 cm³/mol. The normalized spacial score (nSPS) is 14.0. The molecule has 1 aromatic carbocycles. The number of benzene rings is 1. The summed E-state index contributed by atoms with van der Waals surface area (Å²) in [6.07, 6.45) is 6.22. The molecule has 3 rings (SSSR count). The van der Waals surface area contributed by atoms with E-state index in [2.05, 4.69) is 4.99 Å². The quantitative estimate of drug-likeness (QED) is 0.474. The molecule has 0 saturated heterocycles. The van der Waals surface area contributed by atoms with Gasteiger partial charge >= 0.3 is 0 Å². The minimum absolute atomic E-state index is 0.107. The lowest BCUT2D eigenvalue weighted by Crippen LogP contribution is -2.09. The molecule has 1 heterocycles. The zero-order valence-electron chi connectivity index (χ0n) is 13.9. The molecule has 0 aliphatic heterocycles. The van der Waals surface area contributed by atoms with Crippen molar-refractivity contribution in [2.75, 3.05) is 14.1 Å². The molecule has 3 nitrogen and oxygen atoms in total. The summed E-state index contributed by atoms with van der Waals surface area (Å²) in [7, 11) is 3.89. The van der Waals surface area contributed by atoms with Crippen molar-refractivity contribution in [3.05, 3.63) is 51.4 Å². The summed E-state index contributed by atoms with van der Waals surface area (Å²) in [6, 6.07) is 7.83. The van der Waals surface area contributed by atoms with Crippen LogP contribution in [0.4, 0.5) is 5.00 Å². The topological polar surface area (TPSA) is 32.7 Å². The third-order valence-electron chi connectivity index (χ3n) is 4.10. The number of fused-ring (bicyclic) bond motifs is 1. The van der Waals surface area contributed by atoms with Crippen molar-refractivity contribution in [1.29, 1.82) is 0 Å². The van der Waals surface area contributed by atoms with Crippen molar-refractivity contribution in [2.45, 2.75) is 32.6 Å². The molecular formula is C19H22N2OS. The van der Waals surface area contributed by atoms with Crippen molar-refractivity contribution in [2.24, 2.45) is 4.99 Å². The van der Waals surface area contributed by atoms with Crippen LogP contribution in [0.1, 0.15) is 44.8 Å². The van der Waals surface area contributed by atoms with Crippen LogP contribution in [0.5, 0.6) is 0 Å². The lowest BCUT2D eigenvalue weighted by molar-refractivity contribution is 0.103. The van der Waals surface area contributed by atoms with E-state index in [4.69, 9.17) is 0 Å². The van der Waals surface area contributed by atoms with E-state index in [1.807, 2.05) is 50.2 Å². The second kappa shape index (κ2) is 6.67. The molecule has 0 bridgehead atoms. The third kappa shape index (κ3) is 3.37. The van der Waals surface area contributed by atoms with Crippen LogP contribution < -0.4 is 0 Å². The van der Waals surface area contributed by atoms with Crippen molar-refractivity contribution in [3.8, 4) is 0 Å². The van der Waals surface area contributed by atoms with Gasteiger partial charge in [0, 0.05) is 24.5 Å². The Hall–Kier alpha value is -1.94. The molecule has 0 atom stereocenters. The highest BCUT2D eigenvalue weighted by Gasteiger charge is 2.25. The van der Waals surface area contributed by atoms with Gasteiger partial charge < -0.3 is 4.90 Å². The van der Waals surface area contributed by atoms with Crippen molar-refractivity contribution in [3.63, 3.8) is 0 Å². The smallest absolute Gasteiger partial charge is 0.196 e. The number of thiophene rings is 1. The summed E-state index contributed by atoms with van der Waals surface area (Å²) in [4.78, 5) is 20.9. The zero-order valence-corrected chi connectivity index (χ0v) is 14.7. The van der Waals surface area contributed by atoms with E-state index in [-0.39, 0.29) is 5.78 Å². The van der Waals surface area contributed by atoms with Gasteiger partial charge in [0.15, 0.2) is 5.78 Å². The zero-order chi connectivity index (χ0) is 16.4. The van der Waals surface area contributed by atoms with Crippen LogP contribution in [0.25, 0.3) is 0 Å². The van der Waals surface area contributed by atoms with Crippen molar-refractivity contribution in [1.82, 2.24) is 4.90 Å². The van der Waals surface area contributed by atoms with Gasteiger partial charge in [-0.15, -0.1) is 11.3 Å². The van der Waals surface area contributed by atoms with Crippen LogP contribution in [-0.4, -0.2) is 31.1 Å². The Bertz CT molecular complexity index is 741. The van der Waals surface area contributed by atoms with Gasteiger partial charge in [-0.3, -0.25) is 4.79 Å². The van der Waals surface area contributed by atoms with Crippen molar-refractivity contribution >= 4 is 28.5 Å². The lowest BCUT2D eigenvalue weighted by Gasteiger charge is -2.12. The van der Waals surface area contributed by atoms with Crippen LogP contribution in [0.3, 0.4) is 0 Å². The maximum absolute atomic E-state index is 13.1. The SMILES string of the molecule is Cc1ccc(C(=O)c2c(N=CN(C)C)sc3c2CCCC3)cc1. The minimum Gasteiger partial charge on any atom is -0.369 e. The van der Waals surface area contributed by atoms with Gasteiger partial charge in [0.05, 0.1) is 11.9 Å². The average Bonchev–Trinajstić information content (AvgIpc) is 2.91. The van der Waals surface area contributed by atoms with Crippen LogP contribution in [0.2, 0.25) is 0 Å². The molecular weight excluding hydrogens is 304 g/mol. The maximum atomic E-state index is 13.1. The second-order valence-electron chi connectivity index (χ2n) is 6.29. The molecule has 0 unspecified atom stereocenters. The first-order valence-corrected chi connectivity index (χ1v) is 8.84. The summed E-state index contributed by atoms with van der Waals surface area (Å²) in [6.45, 7) is 2.04. The Labute approximate surface area is 141 Å². The fourth-order valence-corrected chi connectivity index (χ4v) is 4.12. The molecule has 1 aromatic heterocycles. The molecule has 0 radical (unpaired) electrons. The Kier molecular flexibility index (Phi) is 4.62. The summed E-state index contributed by atoms with van der Waals surface area (Å²) in [5.74, 6) is 0.107. The summed E-state index contributed by atoms with van der Waals surface area (Å²) in [5.41, 5.74) is 3.98. The van der Waals surface area contributed by atoms with Crippen LogP contribution in [0.15, 0.2) is 29.3 Å². The molecule has 1 aliphatic rings. The van der Waals surface area contributed by atoms with Gasteiger partial charge in [-0.1, -0.05) is 29.8 Å². The number of aliphatic imine (C=N–C) groups is 1. The number of hydrogen-bond acceptors (Lipinski definition) is 3. The van der Waals surface area contributed by atoms with Crippen LogP contribution >= 0.6 is 11.3 Å². The van der Waals surface area contributed by atoms with E-state index in [1.165, 1.54) is 22.4 Å². The number of ketones is 1. The molecule has 0 amide bonds. The molecule has 4 heteroatoms. The predicted octanol–water partition coefficient (Wildman–Crippen LogP) is 4.39. The highest BCUT2D eigenvalue weighted by Crippen LogP contribution is 2.40. The maximum Gasteiger partial charge on any atom is 0.196 e. The van der Waals surface area contributed by atoms with Gasteiger partial charge in [-0.25, -0.2) is 4.99 Å². The largest absolute Gasteiger partial charge is 0.369 e. The first-order valence-electron chi connectivity index (χ1n) is 8.03. The van der Waals surface area contributed by atoms with E-state index in [1.54, 1.807) is 17.7 Å². The summed E-state index contributed by atoms with van der Waals surface area (Å²) >= 11 is 1.68. The highest BCUT2D eigenvalue weighted by molar-refractivity contribution is 7.16. The Morgan fingerprint density at radius 2 is 1.87 bits per heavy atom. The number of aryl methyl sites for hydroxylation is 2. The minimum atomic E-state index is 0.107. The number of carbonyl (C=O) groups is 1. The van der Waals surface area contributed by atoms with Gasteiger partial charge in [-0.05, 0) is 38.2 Å². The standard InChI is InChI=1S/C19H22N2OS/c1-13-8-10-14(11-9-13)18(22)17-15-6-4-5-7-16(15)23-19(17)20-12-21(2)3/h8-12H,4-7H2,1-3H3. The Balaban J connectivity index is 2.06. The van der Waals surface area contributed by atoms with E-state index in [0.29, 0.717) is 0 Å². The van der Waals surface area contributed by atoms with Crippen LogP contribution in [-0.2, 0) is 12.8 Å². The number of rotatable bonds is 4. The van der Waals surface area contributed by atoms with Gasteiger partial charge in [0.2, 0.25) is 0 Å². The van der Waals surface area contributed by atoms with E-state index < -0.39 is 0 Å². The fourth-order valence-electron chi connectivity index (χ4n) is 2.89. The number of nitrogens with zero attached hydrogens (tertiary/aromatic N) is 2. The van der Waals surface area contributed by atoms with E-state index >= 15 is 0 Å². The first kappa shape index (κ1) is 15.9. The van der Waals surface area contributed by atoms with Gasteiger partial charge in [0.25, 0.3) is 0 Å². The molecule has 0 saturated carbocycles. The monoisotopic (exact) mass is 326 g/mol. The van der Waals surface area contributed by atoms with E-state index in [0.717, 1.165) is 35.4 Å². The lowest BCUT2D eigenvalue weighted by atomic mass is 9.92. The molecule has 0 spiro atoms. The van der Waals surface area contributed by atoms with Gasteiger partial charge in [0.1, 0.15) is 5.00 Å². The summed E-state index contributed by atoms with van der Waals surface area (Å²) < 4.78 is 0. The third-order valence-corrected chi connectivity index (χ3v) is 5.30. The molecule has 120 valence electrons. The highest BCUT2D eigenvalue weighted by atomic mass is 32.1. The molecule has 1 aliphatic carbocycles. The molecule has 2 aromatic rings. The Morgan fingerprint density at radius 3 is 2.57 bits per heavy atom. The second-order valence-corrected chi connectivity index (χ2v) is 7.38. The Morgan fingerprint density at radius 1 is 1.17 bits per heavy atom. The number of hydrogen-bond donors (Lipinski definition) is 0. The van der Waals surface area contributed by atoms with E-state index in [9.17, 15) is 4.79 Å². The van der Waals surface area contributed by atoms with Gasteiger partial charge in [-0.2, -0.15) is 0 Å².